The standard InChI is InChI=1S/C18H16ClN3O4/c1-3-9-20-16(23)13-5-4-6-14(21-13)17(24)22-15-10-11(18(25)26-2)7-8-12(15)19/h3-8,10H,1,9H2,2H3,(H,20,23)(H,22,24). The molecule has 2 amide bonds. The lowest BCUT2D eigenvalue weighted by molar-refractivity contribution is 0.0600. The molecule has 7 nitrogen and oxygen atoms in total. The van der Waals surface area contributed by atoms with Crippen molar-refractivity contribution in [1.82, 2.24) is 10.3 Å². The number of ether oxygens (including phenoxy) is 1. The van der Waals surface area contributed by atoms with E-state index < -0.39 is 17.8 Å². The average Bonchev–Trinajstić information content (AvgIpc) is 2.67. The Morgan fingerprint density at radius 1 is 1.19 bits per heavy atom. The van der Waals surface area contributed by atoms with Crippen molar-refractivity contribution in [3.63, 3.8) is 0 Å². The monoisotopic (exact) mass is 373 g/mol. The Balaban J connectivity index is 2.21. The van der Waals surface area contributed by atoms with Gasteiger partial charge in [-0.05, 0) is 30.3 Å². The zero-order valence-corrected chi connectivity index (χ0v) is 14.7. The lowest BCUT2D eigenvalue weighted by atomic mass is 10.2. The minimum atomic E-state index is -0.577. The molecule has 0 saturated carbocycles. The van der Waals surface area contributed by atoms with E-state index in [0.717, 1.165) is 0 Å². The van der Waals surface area contributed by atoms with Gasteiger partial charge in [0.15, 0.2) is 0 Å². The van der Waals surface area contributed by atoms with Crippen LogP contribution in [0.2, 0.25) is 5.02 Å². The maximum atomic E-state index is 12.4. The molecular weight excluding hydrogens is 358 g/mol. The van der Waals surface area contributed by atoms with Crippen LogP contribution < -0.4 is 10.6 Å². The Hall–Kier alpha value is -3.19. The van der Waals surface area contributed by atoms with Crippen LogP contribution in [0.3, 0.4) is 0 Å². The number of esters is 1. The van der Waals surface area contributed by atoms with E-state index in [2.05, 4.69) is 26.9 Å². The third kappa shape index (κ3) is 4.67. The van der Waals surface area contributed by atoms with Crippen LogP contribution in [0.15, 0.2) is 49.1 Å². The lowest BCUT2D eigenvalue weighted by Gasteiger charge is -2.09. The third-order valence-corrected chi connectivity index (χ3v) is 3.59. The molecule has 2 N–H and O–H groups in total. The summed E-state index contributed by atoms with van der Waals surface area (Å²) in [4.78, 5) is 40.0. The number of carbonyl (C=O) groups is 3. The number of halogens is 1. The Morgan fingerprint density at radius 3 is 2.54 bits per heavy atom. The van der Waals surface area contributed by atoms with E-state index in [9.17, 15) is 14.4 Å². The zero-order chi connectivity index (χ0) is 19.1. The maximum Gasteiger partial charge on any atom is 0.337 e. The van der Waals surface area contributed by atoms with E-state index in [-0.39, 0.29) is 34.2 Å². The molecule has 0 saturated heterocycles. The van der Waals surface area contributed by atoms with Gasteiger partial charge in [0.1, 0.15) is 11.4 Å². The molecule has 134 valence electrons. The van der Waals surface area contributed by atoms with Gasteiger partial charge in [-0.1, -0.05) is 23.7 Å². The molecule has 0 unspecified atom stereocenters. The summed E-state index contributed by atoms with van der Waals surface area (Å²) in [7, 11) is 1.25. The number of rotatable bonds is 6. The number of hydrogen-bond donors (Lipinski definition) is 2. The fourth-order valence-electron chi connectivity index (χ4n) is 2.00. The molecule has 0 radical (unpaired) electrons. The number of benzene rings is 1. The molecule has 26 heavy (non-hydrogen) atoms. The Morgan fingerprint density at radius 2 is 1.88 bits per heavy atom. The zero-order valence-electron chi connectivity index (χ0n) is 13.9. The first-order valence-electron chi connectivity index (χ1n) is 7.51. The maximum absolute atomic E-state index is 12.4. The summed E-state index contributed by atoms with van der Waals surface area (Å²) in [6, 6.07) is 8.82. The van der Waals surface area contributed by atoms with Crippen LogP contribution in [-0.4, -0.2) is 36.4 Å². The van der Waals surface area contributed by atoms with E-state index in [1.807, 2.05) is 0 Å². The molecule has 0 aliphatic heterocycles. The van der Waals surface area contributed by atoms with Crippen molar-refractivity contribution in [3.05, 3.63) is 71.0 Å². The fourth-order valence-corrected chi connectivity index (χ4v) is 2.16. The second kappa shape index (κ2) is 8.77. The van der Waals surface area contributed by atoms with Crippen molar-refractivity contribution in [3.8, 4) is 0 Å². The molecule has 2 aromatic rings. The summed E-state index contributed by atoms with van der Waals surface area (Å²) in [5.41, 5.74) is 0.574. The molecule has 0 atom stereocenters. The summed E-state index contributed by atoms with van der Waals surface area (Å²) >= 11 is 6.05. The molecule has 0 aliphatic rings. The molecular formula is C18H16ClN3O4. The van der Waals surface area contributed by atoms with Gasteiger partial charge in [0.2, 0.25) is 0 Å². The summed E-state index contributed by atoms with van der Waals surface area (Å²) in [5, 5.41) is 5.38. The molecule has 0 fully saturated rings. The van der Waals surface area contributed by atoms with Gasteiger partial charge in [0.05, 0.1) is 23.4 Å². The highest BCUT2D eigenvalue weighted by Crippen LogP contribution is 2.24. The largest absolute Gasteiger partial charge is 0.465 e. The normalized spacial score (nSPS) is 9.92. The van der Waals surface area contributed by atoms with E-state index in [1.165, 1.54) is 49.6 Å². The first-order chi connectivity index (χ1) is 12.5. The van der Waals surface area contributed by atoms with Crippen LogP contribution in [0, 0.1) is 0 Å². The van der Waals surface area contributed by atoms with Gasteiger partial charge >= 0.3 is 5.97 Å². The minimum absolute atomic E-state index is 0.0239. The minimum Gasteiger partial charge on any atom is -0.465 e. The number of hydrogen-bond acceptors (Lipinski definition) is 5. The van der Waals surface area contributed by atoms with Gasteiger partial charge in [-0.3, -0.25) is 9.59 Å². The Labute approximate surface area is 155 Å². The van der Waals surface area contributed by atoms with Gasteiger partial charge in [-0.2, -0.15) is 0 Å². The van der Waals surface area contributed by atoms with Crippen LogP contribution in [0.5, 0.6) is 0 Å². The topological polar surface area (TPSA) is 97.4 Å². The number of amides is 2. The first-order valence-corrected chi connectivity index (χ1v) is 7.89. The predicted molar refractivity (Wildman–Crippen MR) is 97.5 cm³/mol. The van der Waals surface area contributed by atoms with E-state index >= 15 is 0 Å². The third-order valence-electron chi connectivity index (χ3n) is 3.26. The highest BCUT2D eigenvalue weighted by Gasteiger charge is 2.15. The highest BCUT2D eigenvalue weighted by molar-refractivity contribution is 6.34. The van der Waals surface area contributed by atoms with Crippen molar-refractivity contribution in [2.24, 2.45) is 0 Å². The molecule has 1 aromatic carbocycles. The lowest BCUT2D eigenvalue weighted by Crippen LogP contribution is -2.25. The van der Waals surface area contributed by atoms with Gasteiger partial charge in [-0.25, -0.2) is 9.78 Å². The number of nitrogens with one attached hydrogen (secondary N) is 2. The molecule has 0 bridgehead atoms. The van der Waals surface area contributed by atoms with Crippen molar-refractivity contribution < 1.29 is 19.1 Å². The van der Waals surface area contributed by atoms with Crippen LogP contribution >= 0.6 is 11.6 Å². The van der Waals surface area contributed by atoms with Crippen molar-refractivity contribution in [2.45, 2.75) is 0 Å². The van der Waals surface area contributed by atoms with E-state index in [1.54, 1.807) is 0 Å². The molecule has 8 heteroatoms. The van der Waals surface area contributed by atoms with E-state index in [0.29, 0.717) is 0 Å². The van der Waals surface area contributed by atoms with Gasteiger partial charge in [-0.15, -0.1) is 6.58 Å². The van der Waals surface area contributed by atoms with Crippen LogP contribution in [0.25, 0.3) is 0 Å². The SMILES string of the molecule is C=CCNC(=O)c1cccc(C(=O)Nc2cc(C(=O)OC)ccc2Cl)n1. The number of carbonyl (C=O) groups excluding carboxylic acids is 3. The first kappa shape index (κ1) is 19.1. The quantitative estimate of drug-likeness (QED) is 0.599. The van der Waals surface area contributed by atoms with Gasteiger partial charge < -0.3 is 15.4 Å². The number of nitrogens with zero attached hydrogens (tertiary/aromatic N) is 1. The Bertz CT molecular complexity index is 867. The Kier molecular flexibility index (Phi) is 6.46. The predicted octanol–water partition coefficient (Wildman–Crippen LogP) is 2.69. The van der Waals surface area contributed by atoms with Crippen LogP contribution in [0.4, 0.5) is 5.69 Å². The average molecular weight is 374 g/mol. The van der Waals surface area contributed by atoms with Crippen LogP contribution in [0.1, 0.15) is 31.3 Å². The fraction of sp³-hybridized carbons (Fsp3) is 0.111. The van der Waals surface area contributed by atoms with Crippen molar-refractivity contribution >= 4 is 35.1 Å². The molecule has 1 heterocycles. The smallest absolute Gasteiger partial charge is 0.337 e. The summed E-state index contributed by atoms with van der Waals surface area (Å²) in [5.74, 6) is -1.56. The molecule has 2 rings (SSSR count). The van der Waals surface area contributed by atoms with Gasteiger partial charge in [0, 0.05) is 6.54 Å². The van der Waals surface area contributed by atoms with Gasteiger partial charge in [0.25, 0.3) is 11.8 Å². The summed E-state index contributed by atoms with van der Waals surface area (Å²) < 4.78 is 4.64. The highest BCUT2D eigenvalue weighted by atomic mass is 35.5. The van der Waals surface area contributed by atoms with E-state index in [4.69, 9.17) is 11.6 Å². The second-order valence-electron chi connectivity index (χ2n) is 5.05. The number of pyridine rings is 1. The number of aromatic nitrogens is 1. The van der Waals surface area contributed by atoms with Crippen LogP contribution in [-0.2, 0) is 4.74 Å². The number of methoxy groups -OCH3 is 1. The van der Waals surface area contributed by atoms with Crippen molar-refractivity contribution in [1.29, 1.82) is 0 Å². The second-order valence-corrected chi connectivity index (χ2v) is 5.45. The summed E-state index contributed by atoms with van der Waals surface area (Å²) in [6.45, 7) is 3.79. The summed E-state index contributed by atoms with van der Waals surface area (Å²) in [6.07, 6.45) is 1.53. The number of anilines is 1. The van der Waals surface area contributed by atoms with Crippen molar-refractivity contribution in [2.75, 3.05) is 19.0 Å². The molecule has 1 aromatic heterocycles. The molecule has 0 spiro atoms. The molecule has 0 aliphatic carbocycles.